The predicted molar refractivity (Wildman–Crippen MR) is 232 cm³/mol. The minimum Gasteiger partial charge on any atom is -0.298 e. The number of aromatic nitrogens is 3. The first-order valence-corrected chi connectivity index (χ1v) is 18.9. The molecule has 10 aromatic rings. The van der Waals surface area contributed by atoms with Gasteiger partial charge in [-0.25, -0.2) is 20.0 Å². The molecule has 7 aromatic carbocycles. The molecule has 56 heavy (non-hydrogen) atoms. The molecular formula is C51H33N5. The SMILES string of the molecule is C1=C(c2ccc3ccccc3c2)N=C(c2ccc3ccccc3c2)N=C(c2cccc(-c3cccc(-c4nc5ccccc5c5nc6ccccn6c45)c3)c2)C1. The first kappa shape index (κ1) is 32.0. The third-order valence-electron chi connectivity index (χ3n) is 10.8. The van der Waals surface area contributed by atoms with Crippen LogP contribution in [0, 0.1) is 0 Å². The van der Waals surface area contributed by atoms with Crippen LogP contribution >= 0.6 is 0 Å². The molecule has 4 heterocycles. The van der Waals surface area contributed by atoms with Crippen molar-refractivity contribution in [1.82, 2.24) is 14.4 Å². The van der Waals surface area contributed by atoms with Crippen LogP contribution in [-0.4, -0.2) is 25.9 Å². The van der Waals surface area contributed by atoms with Crippen molar-refractivity contribution in [2.45, 2.75) is 6.42 Å². The lowest BCUT2D eigenvalue weighted by Gasteiger charge is -2.11. The van der Waals surface area contributed by atoms with Crippen LogP contribution < -0.4 is 0 Å². The van der Waals surface area contributed by atoms with Crippen LogP contribution in [0.25, 0.3) is 77.2 Å². The maximum absolute atomic E-state index is 5.34. The van der Waals surface area contributed by atoms with Gasteiger partial charge in [-0.05, 0) is 80.7 Å². The zero-order valence-corrected chi connectivity index (χ0v) is 30.3. The molecular weight excluding hydrogens is 683 g/mol. The highest BCUT2D eigenvalue weighted by atomic mass is 15.0. The number of allylic oxidation sites excluding steroid dienone is 1. The van der Waals surface area contributed by atoms with Gasteiger partial charge in [0.15, 0.2) is 5.84 Å². The van der Waals surface area contributed by atoms with Crippen LogP contribution in [-0.2, 0) is 0 Å². The number of benzene rings is 7. The lowest BCUT2D eigenvalue weighted by atomic mass is 9.97. The van der Waals surface area contributed by atoms with E-state index in [1.165, 1.54) is 16.2 Å². The van der Waals surface area contributed by atoms with Gasteiger partial charge in [0.1, 0.15) is 11.2 Å². The second-order valence-electron chi connectivity index (χ2n) is 14.3. The summed E-state index contributed by atoms with van der Waals surface area (Å²) in [5.41, 5.74) is 13.0. The van der Waals surface area contributed by atoms with Crippen molar-refractivity contribution in [2.24, 2.45) is 9.98 Å². The third-order valence-corrected chi connectivity index (χ3v) is 10.8. The first-order chi connectivity index (χ1) is 27.7. The highest BCUT2D eigenvalue weighted by Gasteiger charge is 2.18. The number of fused-ring (bicyclic) bond motifs is 7. The zero-order valence-electron chi connectivity index (χ0n) is 30.3. The normalized spacial score (nSPS) is 13.2. The number of rotatable bonds is 5. The van der Waals surface area contributed by atoms with E-state index in [9.17, 15) is 0 Å². The summed E-state index contributed by atoms with van der Waals surface area (Å²) in [6, 6.07) is 61.7. The van der Waals surface area contributed by atoms with Crippen molar-refractivity contribution < 1.29 is 0 Å². The molecule has 0 saturated heterocycles. The molecule has 11 rings (SSSR count). The van der Waals surface area contributed by atoms with Gasteiger partial charge in [-0.3, -0.25) is 4.40 Å². The van der Waals surface area contributed by atoms with E-state index in [1.54, 1.807) is 0 Å². The second-order valence-corrected chi connectivity index (χ2v) is 14.3. The Hall–Kier alpha value is -7.50. The standard InChI is InChI=1S/C51H33N5/c1-3-13-35-29-40(24-22-33(35)11-1)45-27-26-44(53-51(54-45)42-25-23-34-12-2-4-14-36(34)32-42)39-17-9-15-37(30-39)38-16-10-18-41(31-38)48-50-49(43-19-5-6-20-46(43)52-48)55-47-21-7-8-28-56(47)50/h1-25,27-32H,26H2. The van der Waals surface area contributed by atoms with Gasteiger partial charge in [0, 0.05) is 34.7 Å². The Balaban J connectivity index is 1.02. The predicted octanol–water partition coefficient (Wildman–Crippen LogP) is 12.4. The molecule has 0 amide bonds. The second kappa shape index (κ2) is 13.1. The lowest BCUT2D eigenvalue weighted by Crippen LogP contribution is -2.05. The number of hydrogen-bond donors (Lipinski definition) is 0. The Bertz CT molecular complexity index is 3290. The lowest BCUT2D eigenvalue weighted by molar-refractivity contribution is 1.22. The molecule has 0 radical (unpaired) electrons. The number of nitrogens with zero attached hydrogens (tertiary/aromatic N) is 5. The van der Waals surface area contributed by atoms with Crippen molar-refractivity contribution in [3.63, 3.8) is 0 Å². The minimum atomic E-state index is 0.638. The van der Waals surface area contributed by atoms with Crippen molar-refractivity contribution in [3.8, 4) is 22.4 Å². The van der Waals surface area contributed by atoms with Crippen LogP contribution in [0.1, 0.15) is 23.1 Å². The molecule has 0 spiro atoms. The van der Waals surface area contributed by atoms with Gasteiger partial charge in [-0.1, -0.05) is 140 Å². The summed E-state index contributed by atoms with van der Waals surface area (Å²) in [4.78, 5) is 20.9. The monoisotopic (exact) mass is 715 g/mol. The molecule has 0 unspecified atom stereocenters. The number of amidine groups is 1. The number of para-hydroxylation sites is 1. The molecule has 5 heteroatoms. The van der Waals surface area contributed by atoms with E-state index >= 15 is 0 Å². The largest absolute Gasteiger partial charge is 0.298 e. The topological polar surface area (TPSA) is 54.9 Å². The van der Waals surface area contributed by atoms with Crippen LogP contribution in [0.15, 0.2) is 198 Å². The fourth-order valence-corrected chi connectivity index (χ4v) is 8.00. The zero-order chi connectivity index (χ0) is 37.0. The Morgan fingerprint density at radius 3 is 1.89 bits per heavy atom. The fraction of sp³-hybridized carbons (Fsp3) is 0.0196. The Morgan fingerprint density at radius 2 is 1.09 bits per heavy atom. The van der Waals surface area contributed by atoms with E-state index in [2.05, 4.69) is 168 Å². The van der Waals surface area contributed by atoms with Crippen LogP contribution in [0.2, 0.25) is 0 Å². The van der Waals surface area contributed by atoms with Crippen molar-refractivity contribution in [2.75, 3.05) is 0 Å². The average molecular weight is 716 g/mol. The number of hydrogen-bond acceptors (Lipinski definition) is 4. The van der Waals surface area contributed by atoms with E-state index in [-0.39, 0.29) is 0 Å². The summed E-state index contributed by atoms with van der Waals surface area (Å²) < 4.78 is 2.15. The summed E-state index contributed by atoms with van der Waals surface area (Å²) in [5, 5.41) is 5.80. The van der Waals surface area contributed by atoms with Crippen molar-refractivity contribution in [1.29, 1.82) is 0 Å². The molecule has 5 nitrogen and oxygen atoms in total. The number of aliphatic imine (C=N–C) groups is 2. The molecule has 0 fully saturated rings. The van der Waals surface area contributed by atoms with Gasteiger partial charge in [0.25, 0.3) is 0 Å². The molecule has 0 saturated carbocycles. The molecule has 1 aliphatic rings. The number of imidazole rings is 1. The first-order valence-electron chi connectivity index (χ1n) is 18.9. The van der Waals surface area contributed by atoms with E-state index in [4.69, 9.17) is 20.0 Å². The highest BCUT2D eigenvalue weighted by Crippen LogP contribution is 2.35. The Labute approximate surface area is 323 Å². The van der Waals surface area contributed by atoms with E-state index in [0.29, 0.717) is 12.3 Å². The Morgan fingerprint density at radius 1 is 0.446 bits per heavy atom. The minimum absolute atomic E-state index is 0.638. The fourth-order valence-electron chi connectivity index (χ4n) is 8.00. The molecule has 0 N–H and O–H groups in total. The van der Waals surface area contributed by atoms with Crippen LogP contribution in [0.3, 0.4) is 0 Å². The Kier molecular flexibility index (Phi) is 7.49. The van der Waals surface area contributed by atoms with Crippen LogP contribution in [0.4, 0.5) is 0 Å². The summed E-state index contributed by atoms with van der Waals surface area (Å²) in [7, 11) is 0. The summed E-state index contributed by atoms with van der Waals surface area (Å²) in [6.07, 6.45) is 4.93. The molecule has 3 aromatic heterocycles. The summed E-state index contributed by atoms with van der Waals surface area (Å²) >= 11 is 0. The van der Waals surface area contributed by atoms with Gasteiger partial charge in [-0.2, -0.15) is 0 Å². The van der Waals surface area contributed by atoms with Gasteiger partial charge < -0.3 is 0 Å². The van der Waals surface area contributed by atoms with Gasteiger partial charge in [-0.15, -0.1) is 0 Å². The smallest absolute Gasteiger partial charge is 0.160 e. The molecule has 0 aliphatic carbocycles. The maximum atomic E-state index is 5.34. The van der Waals surface area contributed by atoms with E-state index in [0.717, 1.165) is 83.5 Å². The van der Waals surface area contributed by atoms with Gasteiger partial charge in [0.05, 0.1) is 28.1 Å². The highest BCUT2D eigenvalue weighted by molar-refractivity contribution is 6.16. The van der Waals surface area contributed by atoms with Crippen LogP contribution in [0.5, 0.6) is 0 Å². The van der Waals surface area contributed by atoms with E-state index < -0.39 is 0 Å². The molecule has 262 valence electrons. The van der Waals surface area contributed by atoms with Gasteiger partial charge in [0.2, 0.25) is 0 Å². The van der Waals surface area contributed by atoms with Gasteiger partial charge >= 0.3 is 0 Å². The quantitative estimate of drug-likeness (QED) is 0.178. The maximum Gasteiger partial charge on any atom is 0.160 e. The summed E-state index contributed by atoms with van der Waals surface area (Å²) in [6.45, 7) is 0. The summed E-state index contributed by atoms with van der Waals surface area (Å²) in [5.74, 6) is 0.703. The molecule has 0 bridgehead atoms. The van der Waals surface area contributed by atoms with Crippen molar-refractivity contribution in [3.05, 3.63) is 205 Å². The molecule has 1 aliphatic heterocycles. The molecule has 0 atom stereocenters. The van der Waals surface area contributed by atoms with E-state index in [1.807, 2.05) is 24.3 Å². The van der Waals surface area contributed by atoms with Crippen molar-refractivity contribution >= 4 is 66.4 Å². The third kappa shape index (κ3) is 5.57. The number of pyridine rings is 2. The average Bonchev–Trinajstić information content (AvgIpc) is 3.52.